The average molecular weight is 613 g/mol. The molecule has 0 atom stereocenters. The summed E-state index contributed by atoms with van der Waals surface area (Å²) in [6, 6.07) is 62.7. The van der Waals surface area contributed by atoms with E-state index in [0.29, 0.717) is 0 Å². The Kier molecular flexibility index (Phi) is 5.85. The molecule has 0 aliphatic heterocycles. The van der Waals surface area contributed by atoms with Gasteiger partial charge < -0.3 is 0 Å². The molecule has 0 aliphatic rings. The molecule has 9 aromatic carbocycles. The van der Waals surface area contributed by atoms with Gasteiger partial charge in [-0.25, -0.2) is 0 Å². The fraction of sp³-hybridized carbons (Fsp3) is 0. The molecule has 0 radical (unpaired) electrons. The minimum atomic E-state index is 1.25. The van der Waals surface area contributed by atoms with Crippen molar-refractivity contribution in [2.45, 2.75) is 0 Å². The van der Waals surface area contributed by atoms with E-state index < -0.39 is 0 Å². The Bertz CT molecular complexity index is 2780. The number of fused-ring (bicyclic) bond motifs is 8. The molecule has 1 aromatic heterocycles. The molecule has 47 heavy (non-hydrogen) atoms. The predicted molar refractivity (Wildman–Crippen MR) is 206 cm³/mol. The summed E-state index contributed by atoms with van der Waals surface area (Å²) < 4.78 is 2.71. The molecule has 0 saturated heterocycles. The summed E-state index contributed by atoms with van der Waals surface area (Å²) >= 11 is 1.90. The lowest BCUT2D eigenvalue weighted by molar-refractivity contribution is 1.66. The summed E-state index contributed by atoms with van der Waals surface area (Å²) in [6.07, 6.45) is 0. The van der Waals surface area contributed by atoms with Gasteiger partial charge in [0.25, 0.3) is 0 Å². The van der Waals surface area contributed by atoms with Gasteiger partial charge in [-0.15, -0.1) is 11.3 Å². The number of hydrogen-bond donors (Lipinski definition) is 0. The Morgan fingerprint density at radius 1 is 0.277 bits per heavy atom. The van der Waals surface area contributed by atoms with Gasteiger partial charge in [0.2, 0.25) is 0 Å². The molecule has 1 heterocycles. The lowest BCUT2D eigenvalue weighted by Crippen LogP contribution is -1.90. The lowest BCUT2D eigenvalue weighted by atomic mass is 9.85. The first-order valence-electron chi connectivity index (χ1n) is 16.2. The third-order valence-electron chi connectivity index (χ3n) is 9.82. The molecule has 1 heteroatoms. The van der Waals surface area contributed by atoms with Gasteiger partial charge in [0, 0.05) is 20.2 Å². The van der Waals surface area contributed by atoms with Crippen molar-refractivity contribution in [1.29, 1.82) is 0 Å². The monoisotopic (exact) mass is 612 g/mol. The molecule has 0 saturated carbocycles. The first-order chi connectivity index (χ1) is 23.3. The number of thiophene rings is 1. The first-order valence-corrected chi connectivity index (χ1v) is 17.0. The van der Waals surface area contributed by atoms with E-state index in [1.165, 1.54) is 96.6 Å². The second-order valence-electron chi connectivity index (χ2n) is 12.5. The van der Waals surface area contributed by atoms with Crippen molar-refractivity contribution >= 4 is 74.6 Å². The molecular formula is C46H28S. The van der Waals surface area contributed by atoms with E-state index in [1.807, 2.05) is 11.3 Å². The van der Waals surface area contributed by atoms with Gasteiger partial charge in [0.15, 0.2) is 0 Å². The molecule has 10 aromatic rings. The Labute approximate surface area is 276 Å². The summed E-state index contributed by atoms with van der Waals surface area (Å²) in [5, 5.41) is 13.0. The zero-order chi connectivity index (χ0) is 30.9. The maximum Gasteiger partial charge on any atom is 0.0433 e. The number of hydrogen-bond acceptors (Lipinski definition) is 1. The third-order valence-corrected chi connectivity index (χ3v) is 11.0. The Morgan fingerprint density at radius 3 is 1.47 bits per heavy atom. The SMILES string of the molecule is c1ccc(-c2c3ccccc3c(-c3ccc4cc(-c5ccc6c(c5)sc5c7ccccc7ccc65)ccc4c3)c3ccccc23)cc1. The fourth-order valence-corrected chi connectivity index (χ4v) is 8.90. The zero-order valence-electron chi connectivity index (χ0n) is 25.6. The van der Waals surface area contributed by atoms with Gasteiger partial charge in [-0.05, 0) is 94.7 Å². The highest BCUT2D eigenvalue weighted by Gasteiger charge is 2.17. The highest BCUT2D eigenvalue weighted by Crippen LogP contribution is 2.44. The van der Waals surface area contributed by atoms with Gasteiger partial charge in [-0.1, -0.05) is 152 Å². The van der Waals surface area contributed by atoms with Crippen LogP contribution in [0.2, 0.25) is 0 Å². The molecule has 0 nitrogen and oxygen atoms in total. The first kappa shape index (κ1) is 26.5. The van der Waals surface area contributed by atoms with E-state index in [-0.39, 0.29) is 0 Å². The van der Waals surface area contributed by atoms with Crippen LogP contribution < -0.4 is 0 Å². The second-order valence-corrected chi connectivity index (χ2v) is 13.5. The van der Waals surface area contributed by atoms with Crippen LogP contribution in [0.1, 0.15) is 0 Å². The lowest BCUT2D eigenvalue weighted by Gasteiger charge is -2.18. The molecule has 218 valence electrons. The van der Waals surface area contributed by atoms with E-state index in [2.05, 4.69) is 170 Å². The maximum absolute atomic E-state index is 2.37. The van der Waals surface area contributed by atoms with E-state index in [1.54, 1.807) is 0 Å². The summed E-state index contributed by atoms with van der Waals surface area (Å²) in [5.41, 5.74) is 7.60. The molecule has 0 N–H and O–H groups in total. The van der Waals surface area contributed by atoms with Crippen molar-refractivity contribution in [3.8, 4) is 33.4 Å². The molecule has 0 amide bonds. The summed E-state index contributed by atoms with van der Waals surface area (Å²) in [5.74, 6) is 0. The maximum atomic E-state index is 2.37. The average Bonchev–Trinajstić information content (AvgIpc) is 3.52. The molecule has 10 rings (SSSR count). The van der Waals surface area contributed by atoms with Crippen LogP contribution in [0.15, 0.2) is 170 Å². The van der Waals surface area contributed by atoms with Crippen LogP contribution in [-0.2, 0) is 0 Å². The van der Waals surface area contributed by atoms with Crippen LogP contribution in [0.4, 0.5) is 0 Å². The molecule has 0 unspecified atom stereocenters. The van der Waals surface area contributed by atoms with Crippen LogP contribution in [0.25, 0.3) is 96.6 Å². The summed E-state index contributed by atoms with van der Waals surface area (Å²) in [4.78, 5) is 0. The minimum Gasteiger partial charge on any atom is -0.135 e. The van der Waals surface area contributed by atoms with Crippen LogP contribution in [0.3, 0.4) is 0 Å². The number of rotatable bonds is 3. The molecule has 0 bridgehead atoms. The van der Waals surface area contributed by atoms with Crippen molar-refractivity contribution in [3.63, 3.8) is 0 Å². The van der Waals surface area contributed by atoms with Crippen molar-refractivity contribution < 1.29 is 0 Å². The number of benzene rings is 9. The van der Waals surface area contributed by atoms with Crippen molar-refractivity contribution in [1.82, 2.24) is 0 Å². The zero-order valence-corrected chi connectivity index (χ0v) is 26.4. The van der Waals surface area contributed by atoms with E-state index in [0.717, 1.165) is 0 Å². The van der Waals surface area contributed by atoms with Crippen LogP contribution in [0, 0.1) is 0 Å². The Morgan fingerprint density at radius 2 is 0.766 bits per heavy atom. The Balaban J connectivity index is 1.11. The van der Waals surface area contributed by atoms with Crippen molar-refractivity contribution in [2.75, 3.05) is 0 Å². The van der Waals surface area contributed by atoms with Crippen molar-refractivity contribution in [3.05, 3.63) is 170 Å². The van der Waals surface area contributed by atoms with Gasteiger partial charge in [-0.3, -0.25) is 0 Å². The highest BCUT2D eigenvalue weighted by molar-refractivity contribution is 7.26. The quantitative estimate of drug-likeness (QED) is 0.174. The summed E-state index contributed by atoms with van der Waals surface area (Å²) in [6.45, 7) is 0. The highest BCUT2D eigenvalue weighted by atomic mass is 32.1. The molecule has 0 aliphatic carbocycles. The van der Waals surface area contributed by atoms with Gasteiger partial charge in [0.1, 0.15) is 0 Å². The fourth-order valence-electron chi connectivity index (χ4n) is 7.62. The molecular weight excluding hydrogens is 585 g/mol. The summed E-state index contributed by atoms with van der Waals surface area (Å²) in [7, 11) is 0. The van der Waals surface area contributed by atoms with E-state index in [9.17, 15) is 0 Å². The van der Waals surface area contributed by atoms with Gasteiger partial charge in [0.05, 0.1) is 0 Å². The second kappa shape index (κ2) is 10.4. The van der Waals surface area contributed by atoms with Crippen LogP contribution >= 0.6 is 11.3 Å². The minimum absolute atomic E-state index is 1.25. The standard InChI is InChI=1S/C46H28S/c1-2-11-30(12-3-1)44-38-14-6-8-16-40(38)45(41-17-9-7-15-39(41)44)35-21-20-31-26-32(18-19-33(31)27-35)34-23-24-37-42-25-22-29-10-4-5-13-36(29)46(42)47-43(37)28-34/h1-28H. The predicted octanol–water partition coefficient (Wildman–Crippen LogP) is 13.7. The van der Waals surface area contributed by atoms with Crippen molar-refractivity contribution in [2.24, 2.45) is 0 Å². The van der Waals surface area contributed by atoms with E-state index in [4.69, 9.17) is 0 Å². The van der Waals surface area contributed by atoms with E-state index >= 15 is 0 Å². The topological polar surface area (TPSA) is 0 Å². The Hall–Kier alpha value is -5.76. The largest absolute Gasteiger partial charge is 0.135 e. The van der Waals surface area contributed by atoms with Crippen LogP contribution in [0.5, 0.6) is 0 Å². The smallest absolute Gasteiger partial charge is 0.0433 e. The van der Waals surface area contributed by atoms with Gasteiger partial charge >= 0.3 is 0 Å². The molecule has 0 fully saturated rings. The normalized spacial score (nSPS) is 11.8. The van der Waals surface area contributed by atoms with Crippen LogP contribution in [-0.4, -0.2) is 0 Å². The van der Waals surface area contributed by atoms with Gasteiger partial charge in [-0.2, -0.15) is 0 Å². The third kappa shape index (κ3) is 4.14. The molecule has 0 spiro atoms.